The van der Waals surface area contributed by atoms with Gasteiger partial charge in [-0.3, -0.25) is 4.79 Å². The molecule has 1 aliphatic rings. The summed E-state index contributed by atoms with van der Waals surface area (Å²) < 4.78 is 5.33. The Morgan fingerprint density at radius 3 is 3.00 bits per heavy atom. The first kappa shape index (κ1) is 10.5. The Hall–Kier alpha value is -0.610. The van der Waals surface area contributed by atoms with Gasteiger partial charge in [0.25, 0.3) is 0 Å². The smallest absolute Gasteiger partial charge is 0.234 e. The molecule has 1 aliphatic heterocycles. The van der Waals surface area contributed by atoms with E-state index >= 15 is 0 Å². The van der Waals surface area contributed by atoms with Gasteiger partial charge in [-0.15, -0.1) is 0 Å². The molecule has 4 nitrogen and oxygen atoms in total. The summed E-state index contributed by atoms with van der Waals surface area (Å²) in [5.41, 5.74) is 5.22. The number of hydrogen-bond donors (Lipinski definition) is 2. The number of primary amides is 1. The van der Waals surface area contributed by atoms with Gasteiger partial charge in [0.15, 0.2) is 0 Å². The molecule has 0 aromatic carbocycles. The van der Waals surface area contributed by atoms with Crippen molar-refractivity contribution in [2.75, 3.05) is 20.3 Å². The normalized spacial score (nSPS) is 25.5. The molecule has 1 fully saturated rings. The molecule has 2 unspecified atom stereocenters. The Kier molecular flexibility index (Phi) is 4.18. The molecule has 4 heteroatoms. The van der Waals surface area contributed by atoms with E-state index in [0.29, 0.717) is 5.92 Å². The number of carbonyl (C=O) groups is 1. The number of amides is 1. The minimum atomic E-state index is -0.270. The molecule has 3 N–H and O–H groups in total. The third-order valence-electron chi connectivity index (χ3n) is 2.52. The summed E-state index contributed by atoms with van der Waals surface area (Å²) in [7, 11) is 1.76. The fraction of sp³-hybridized carbons (Fsp3) is 0.889. The van der Waals surface area contributed by atoms with Gasteiger partial charge in [-0.2, -0.15) is 0 Å². The summed E-state index contributed by atoms with van der Waals surface area (Å²) in [5, 5.41) is 2.92. The lowest BCUT2D eigenvalue weighted by atomic mass is 9.94. The Morgan fingerprint density at radius 2 is 2.54 bits per heavy atom. The Bertz CT molecular complexity index is 167. The van der Waals surface area contributed by atoms with E-state index in [-0.39, 0.29) is 11.9 Å². The molecule has 0 aromatic heterocycles. The predicted molar refractivity (Wildman–Crippen MR) is 50.2 cm³/mol. The van der Waals surface area contributed by atoms with E-state index in [0.717, 1.165) is 32.5 Å². The van der Waals surface area contributed by atoms with Gasteiger partial charge in [0.1, 0.15) is 0 Å². The molecule has 1 heterocycles. The molecule has 0 aromatic rings. The topological polar surface area (TPSA) is 64.3 Å². The molecule has 0 bridgehead atoms. The van der Waals surface area contributed by atoms with Crippen molar-refractivity contribution < 1.29 is 9.53 Å². The zero-order valence-electron chi connectivity index (χ0n) is 8.08. The highest BCUT2D eigenvalue weighted by atomic mass is 16.5. The molecular weight excluding hydrogens is 168 g/mol. The number of nitrogens with one attached hydrogen (secondary N) is 1. The van der Waals surface area contributed by atoms with E-state index in [1.165, 1.54) is 0 Å². The molecule has 76 valence electrons. The van der Waals surface area contributed by atoms with Crippen LogP contribution in [0.5, 0.6) is 0 Å². The molecule has 2 atom stereocenters. The highest BCUT2D eigenvalue weighted by Gasteiger charge is 2.21. The maximum atomic E-state index is 10.9. The monoisotopic (exact) mass is 186 g/mol. The number of nitrogens with two attached hydrogens (primary N) is 1. The van der Waals surface area contributed by atoms with Gasteiger partial charge in [-0.25, -0.2) is 0 Å². The van der Waals surface area contributed by atoms with Crippen LogP contribution >= 0.6 is 0 Å². The molecule has 0 radical (unpaired) electrons. The summed E-state index contributed by atoms with van der Waals surface area (Å²) in [6.07, 6.45) is 3.04. The van der Waals surface area contributed by atoms with Crippen molar-refractivity contribution in [3.8, 4) is 0 Å². The van der Waals surface area contributed by atoms with E-state index in [4.69, 9.17) is 10.5 Å². The zero-order chi connectivity index (χ0) is 9.68. The lowest BCUT2D eigenvalue weighted by Gasteiger charge is -2.24. The van der Waals surface area contributed by atoms with Crippen LogP contribution in [-0.4, -0.2) is 32.2 Å². The quantitative estimate of drug-likeness (QED) is 0.643. The van der Waals surface area contributed by atoms with Crippen LogP contribution in [0.25, 0.3) is 0 Å². The van der Waals surface area contributed by atoms with Crippen LogP contribution < -0.4 is 11.1 Å². The Labute approximate surface area is 78.8 Å². The second-order valence-corrected chi connectivity index (χ2v) is 3.56. The lowest BCUT2D eigenvalue weighted by Crippen LogP contribution is -2.41. The SMILES string of the molecule is CNC(CC1CCCOC1)C(N)=O. The number of rotatable bonds is 4. The highest BCUT2D eigenvalue weighted by molar-refractivity contribution is 5.79. The standard InChI is InChI=1S/C9H18N2O2/c1-11-8(9(10)12)5-7-3-2-4-13-6-7/h7-8,11H,2-6H2,1H3,(H2,10,12). The van der Waals surface area contributed by atoms with Gasteiger partial charge in [0, 0.05) is 13.2 Å². The third kappa shape index (κ3) is 3.32. The van der Waals surface area contributed by atoms with Crippen LogP contribution in [0.1, 0.15) is 19.3 Å². The van der Waals surface area contributed by atoms with Crippen molar-refractivity contribution in [3.63, 3.8) is 0 Å². The number of ether oxygens (including phenoxy) is 1. The summed E-state index contributed by atoms with van der Waals surface area (Å²) in [5.74, 6) is 0.215. The van der Waals surface area contributed by atoms with Crippen LogP contribution in [0.3, 0.4) is 0 Å². The zero-order valence-corrected chi connectivity index (χ0v) is 8.08. The van der Waals surface area contributed by atoms with E-state index in [9.17, 15) is 4.79 Å². The highest BCUT2D eigenvalue weighted by Crippen LogP contribution is 2.18. The summed E-state index contributed by atoms with van der Waals surface area (Å²) in [4.78, 5) is 10.9. The molecular formula is C9H18N2O2. The maximum absolute atomic E-state index is 10.9. The second-order valence-electron chi connectivity index (χ2n) is 3.56. The number of likely N-dealkylation sites (N-methyl/N-ethyl adjacent to an activating group) is 1. The molecule has 0 aliphatic carbocycles. The van der Waals surface area contributed by atoms with E-state index < -0.39 is 0 Å². The van der Waals surface area contributed by atoms with Crippen LogP contribution in [-0.2, 0) is 9.53 Å². The lowest BCUT2D eigenvalue weighted by molar-refractivity contribution is -0.120. The average Bonchev–Trinajstić information content (AvgIpc) is 2.15. The minimum absolute atomic E-state index is 0.202. The van der Waals surface area contributed by atoms with Crippen LogP contribution in [0.4, 0.5) is 0 Å². The van der Waals surface area contributed by atoms with Crippen LogP contribution in [0.15, 0.2) is 0 Å². The fourth-order valence-electron chi connectivity index (χ4n) is 1.70. The van der Waals surface area contributed by atoms with Gasteiger partial charge in [-0.1, -0.05) is 0 Å². The summed E-state index contributed by atoms with van der Waals surface area (Å²) >= 11 is 0. The molecule has 13 heavy (non-hydrogen) atoms. The van der Waals surface area contributed by atoms with Crippen molar-refractivity contribution in [1.29, 1.82) is 0 Å². The maximum Gasteiger partial charge on any atom is 0.234 e. The first-order chi connectivity index (χ1) is 6.24. The molecule has 0 saturated carbocycles. The molecule has 1 rings (SSSR count). The fourth-order valence-corrected chi connectivity index (χ4v) is 1.70. The van der Waals surface area contributed by atoms with Crippen molar-refractivity contribution in [3.05, 3.63) is 0 Å². The Balaban J connectivity index is 2.31. The van der Waals surface area contributed by atoms with E-state index in [2.05, 4.69) is 5.32 Å². The first-order valence-electron chi connectivity index (χ1n) is 4.78. The van der Waals surface area contributed by atoms with Crippen molar-refractivity contribution in [2.24, 2.45) is 11.7 Å². The third-order valence-corrected chi connectivity index (χ3v) is 2.52. The van der Waals surface area contributed by atoms with Gasteiger partial charge in [0.05, 0.1) is 6.04 Å². The van der Waals surface area contributed by atoms with Crippen LogP contribution in [0.2, 0.25) is 0 Å². The van der Waals surface area contributed by atoms with Crippen molar-refractivity contribution in [2.45, 2.75) is 25.3 Å². The van der Waals surface area contributed by atoms with Gasteiger partial charge in [0.2, 0.25) is 5.91 Å². The van der Waals surface area contributed by atoms with Gasteiger partial charge in [-0.05, 0) is 32.2 Å². The average molecular weight is 186 g/mol. The largest absolute Gasteiger partial charge is 0.381 e. The van der Waals surface area contributed by atoms with Crippen molar-refractivity contribution in [1.82, 2.24) is 5.32 Å². The summed E-state index contributed by atoms with van der Waals surface area (Å²) in [6.45, 7) is 1.63. The van der Waals surface area contributed by atoms with E-state index in [1.54, 1.807) is 7.05 Å². The number of carbonyl (C=O) groups excluding carboxylic acids is 1. The van der Waals surface area contributed by atoms with E-state index in [1.807, 2.05) is 0 Å². The first-order valence-corrected chi connectivity index (χ1v) is 4.78. The summed E-state index contributed by atoms with van der Waals surface area (Å²) in [6, 6.07) is -0.202. The van der Waals surface area contributed by atoms with Gasteiger partial charge < -0.3 is 15.8 Å². The minimum Gasteiger partial charge on any atom is -0.381 e. The van der Waals surface area contributed by atoms with Gasteiger partial charge >= 0.3 is 0 Å². The molecule has 1 saturated heterocycles. The second kappa shape index (κ2) is 5.19. The number of hydrogen-bond acceptors (Lipinski definition) is 3. The van der Waals surface area contributed by atoms with Crippen LogP contribution in [0, 0.1) is 5.92 Å². The predicted octanol–water partition coefficient (Wildman–Crippen LogP) is -0.124. The molecule has 0 spiro atoms. The van der Waals surface area contributed by atoms with Crippen molar-refractivity contribution >= 4 is 5.91 Å². The Morgan fingerprint density at radius 1 is 1.77 bits per heavy atom. The molecule has 1 amide bonds.